The Labute approximate surface area is 112 Å². The van der Waals surface area contributed by atoms with Gasteiger partial charge in [0, 0.05) is 15.4 Å². The van der Waals surface area contributed by atoms with Gasteiger partial charge in [0.2, 0.25) is 0 Å². The molecule has 88 valence electrons. The fraction of sp³-hybridized carbons (Fsp3) is 0.167. The highest BCUT2D eigenvalue weighted by Crippen LogP contribution is 2.28. The van der Waals surface area contributed by atoms with E-state index in [2.05, 4.69) is 20.9 Å². The summed E-state index contributed by atoms with van der Waals surface area (Å²) in [6.45, 7) is 0.0734. The van der Waals surface area contributed by atoms with E-state index in [9.17, 15) is 4.79 Å². The van der Waals surface area contributed by atoms with Gasteiger partial charge in [-0.2, -0.15) is 0 Å². The third-order valence-electron chi connectivity index (χ3n) is 2.28. The van der Waals surface area contributed by atoms with E-state index in [4.69, 9.17) is 5.73 Å². The molecule has 1 aromatic carbocycles. The number of carbonyl (C=O) groups is 1. The summed E-state index contributed by atoms with van der Waals surface area (Å²) in [5, 5.41) is 2.77. The summed E-state index contributed by atoms with van der Waals surface area (Å²) in [4.78, 5) is 15.7. The number of halogens is 1. The zero-order chi connectivity index (χ0) is 12.3. The number of hydrogen-bond acceptors (Lipinski definition) is 4. The Hall–Kier alpha value is -1.04. The average molecular weight is 311 g/mol. The number of nitrogens with zero attached hydrogens (tertiary/aromatic N) is 1. The zero-order valence-electron chi connectivity index (χ0n) is 9.02. The highest BCUT2D eigenvalue weighted by molar-refractivity contribution is 9.10. The number of hydrogen-bond donors (Lipinski definition) is 1. The molecule has 0 amide bonds. The smallest absolute Gasteiger partial charge is 0.153 e. The number of nitrogens with two attached hydrogens (primary N) is 1. The van der Waals surface area contributed by atoms with Gasteiger partial charge < -0.3 is 5.73 Å². The lowest BCUT2D eigenvalue weighted by atomic mass is 10.2. The number of carbonyl (C=O) groups excluding carboxylic acids is 1. The van der Waals surface area contributed by atoms with Gasteiger partial charge in [0.1, 0.15) is 5.01 Å². The van der Waals surface area contributed by atoms with Crippen molar-refractivity contribution in [3.63, 3.8) is 0 Å². The van der Waals surface area contributed by atoms with Crippen LogP contribution in [0.25, 0.3) is 11.3 Å². The Bertz CT molecular complexity index is 539. The second kappa shape index (κ2) is 5.53. The van der Waals surface area contributed by atoms with Crippen molar-refractivity contribution in [3.05, 3.63) is 39.1 Å². The maximum Gasteiger partial charge on any atom is 0.153 e. The average Bonchev–Trinajstić information content (AvgIpc) is 2.78. The molecule has 2 rings (SSSR count). The first-order valence-corrected chi connectivity index (χ1v) is 6.79. The van der Waals surface area contributed by atoms with Crippen LogP contribution in [0.1, 0.15) is 5.01 Å². The molecule has 0 fully saturated rings. The van der Waals surface area contributed by atoms with Gasteiger partial charge in [0.15, 0.2) is 5.78 Å². The van der Waals surface area contributed by atoms with E-state index in [0.29, 0.717) is 6.42 Å². The largest absolute Gasteiger partial charge is 0.324 e. The fourth-order valence-corrected chi connectivity index (χ4v) is 2.74. The first kappa shape index (κ1) is 12.4. The van der Waals surface area contributed by atoms with Gasteiger partial charge >= 0.3 is 0 Å². The summed E-state index contributed by atoms with van der Waals surface area (Å²) in [7, 11) is 0. The molecule has 0 atom stereocenters. The molecule has 1 aromatic heterocycles. The lowest BCUT2D eigenvalue weighted by Gasteiger charge is -1.99. The van der Waals surface area contributed by atoms with Crippen LogP contribution in [0.4, 0.5) is 0 Å². The Morgan fingerprint density at radius 3 is 2.88 bits per heavy atom. The Balaban J connectivity index is 2.24. The molecular weight excluding hydrogens is 300 g/mol. The summed E-state index contributed by atoms with van der Waals surface area (Å²) >= 11 is 4.97. The van der Waals surface area contributed by atoms with Crippen molar-refractivity contribution in [3.8, 4) is 11.3 Å². The zero-order valence-corrected chi connectivity index (χ0v) is 11.4. The molecule has 1 heterocycles. The minimum atomic E-state index is 0.0121. The topological polar surface area (TPSA) is 56.0 Å². The monoisotopic (exact) mass is 310 g/mol. The number of benzene rings is 1. The van der Waals surface area contributed by atoms with Gasteiger partial charge in [0.25, 0.3) is 0 Å². The summed E-state index contributed by atoms with van der Waals surface area (Å²) < 4.78 is 1.00. The third-order valence-corrected chi connectivity index (χ3v) is 3.82. The molecule has 0 spiro atoms. The van der Waals surface area contributed by atoms with Crippen LogP contribution in [0, 0.1) is 0 Å². The van der Waals surface area contributed by atoms with E-state index in [-0.39, 0.29) is 12.3 Å². The lowest BCUT2D eigenvalue weighted by Crippen LogP contribution is -2.15. The van der Waals surface area contributed by atoms with Crippen molar-refractivity contribution < 1.29 is 4.79 Å². The van der Waals surface area contributed by atoms with Crippen molar-refractivity contribution in [1.29, 1.82) is 0 Å². The van der Waals surface area contributed by atoms with E-state index in [0.717, 1.165) is 20.7 Å². The molecule has 17 heavy (non-hydrogen) atoms. The quantitative estimate of drug-likeness (QED) is 0.944. The van der Waals surface area contributed by atoms with Crippen LogP contribution >= 0.6 is 27.3 Å². The van der Waals surface area contributed by atoms with Crippen LogP contribution in [0.5, 0.6) is 0 Å². The Morgan fingerprint density at radius 1 is 1.41 bits per heavy atom. The van der Waals surface area contributed by atoms with E-state index in [1.807, 2.05) is 29.6 Å². The summed E-state index contributed by atoms with van der Waals surface area (Å²) in [6, 6.07) is 7.88. The standard InChI is InChI=1S/C12H11BrN2OS/c13-10-4-2-1-3-9(10)11-7-17-12(15-11)5-8(16)6-14/h1-4,7H,5-6,14H2. The molecule has 0 saturated heterocycles. The van der Waals surface area contributed by atoms with E-state index < -0.39 is 0 Å². The molecule has 3 nitrogen and oxygen atoms in total. The van der Waals surface area contributed by atoms with Gasteiger partial charge in [0.05, 0.1) is 18.7 Å². The van der Waals surface area contributed by atoms with Gasteiger partial charge in [-0.3, -0.25) is 4.79 Å². The molecular formula is C12H11BrN2OS. The third kappa shape index (κ3) is 3.00. The van der Waals surface area contributed by atoms with E-state index in [1.54, 1.807) is 0 Å². The van der Waals surface area contributed by atoms with Crippen LogP contribution in [0.3, 0.4) is 0 Å². The molecule has 0 aliphatic heterocycles. The Morgan fingerprint density at radius 2 is 2.18 bits per heavy atom. The Kier molecular flexibility index (Phi) is 4.04. The van der Waals surface area contributed by atoms with Crippen LogP contribution in [-0.2, 0) is 11.2 Å². The first-order chi connectivity index (χ1) is 8.20. The highest BCUT2D eigenvalue weighted by Gasteiger charge is 2.09. The number of ketones is 1. The molecule has 0 radical (unpaired) electrons. The molecule has 0 aliphatic rings. The van der Waals surface area contributed by atoms with Crippen molar-refractivity contribution in [2.24, 2.45) is 5.73 Å². The van der Waals surface area contributed by atoms with Gasteiger partial charge in [-0.15, -0.1) is 11.3 Å². The minimum absolute atomic E-state index is 0.0121. The van der Waals surface area contributed by atoms with Crippen molar-refractivity contribution in [1.82, 2.24) is 4.98 Å². The lowest BCUT2D eigenvalue weighted by molar-refractivity contribution is -0.117. The second-order valence-corrected chi connectivity index (χ2v) is 5.32. The SMILES string of the molecule is NCC(=O)Cc1nc(-c2ccccc2Br)cs1. The number of aromatic nitrogens is 1. The van der Waals surface area contributed by atoms with Crippen molar-refractivity contribution >= 4 is 33.0 Å². The normalized spacial score (nSPS) is 10.5. The van der Waals surface area contributed by atoms with Crippen LogP contribution in [0.2, 0.25) is 0 Å². The van der Waals surface area contributed by atoms with Gasteiger partial charge in [-0.25, -0.2) is 4.98 Å². The molecule has 2 aromatic rings. The maximum absolute atomic E-state index is 11.2. The second-order valence-electron chi connectivity index (χ2n) is 3.53. The van der Waals surface area contributed by atoms with Gasteiger partial charge in [-0.05, 0) is 6.07 Å². The van der Waals surface area contributed by atoms with E-state index in [1.165, 1.54) is 11.3 Å². The molecule has 2 N–H and O–H groups in total. The van der Waals surface area contributed by atoms with Crippen molar-refractivity contribution in [2.45, 2.75) is 6.42 Å². The molecule has 0 bridgehead atoms. The summed E-state index contributed by atoms with van der Waals surface area (Å²) in [6.07, 6.45) is 0.325. The minimum Gasteiger partial charge on any atom is -0.324 e. The predicted molar refractivity (Wildman–Crippen MR) is 73.0 cm³/mol. The summed E-state index contributed by atoms with van der Waals surface area (Å²) in [5.74, 6) is 0.0121. The van der Waals surface area contributed by atoms with Crippen molar-refractivity contribution in [2.75, 3.05) is 6.54 Å². The molecule has 5 heteroatoms. The highest BCUT2D eigenvalue weighted by atomic mass is 79.9. The molecule has 0 aliphatic carbocycles. The van der Waals surface area contributed by atoms with E-state index >= 15 is 0 Å². The molecule has 0 saturated carbocycles. The first-order valence-electron chi connectivity index (χ1n) is 5.12. The van der Waals surface area contributed by atoms with Crippen LogP contribution in [0.15, 0.2) is 34.1 Å². The number of rotatable bonds is 4. The van der Waals surface area contributed by atoms with Gasteiger partial charge in [-0.1, -0.05) is 34.1 Å². The van der Waals surface area contributed by atoms with Crippen LogP contribution < -0.4 is 5.73 Å². The predicted octanol–water partition coefficient (Wildman–Crippen LogP) is 2.64. The fourth-order valence-electron chi connectivity index (χ4n) is 1.43. The number of thiazole rings is 1. The number of Topliss-reactive ketones (excluding diaryl/α,β-unsaturated/α-hetero) is 1. The molecule has 0 unspecified atom stereocenters. The van der Waals surface area contributed by atoms with Crippen LogP contribution in [-0.4, -0.2) is 17.3 Å². The maximum atomic E-state index is 11.2. The summed E-state index contributed by atoms with van der Waals surface area (Å²) in [5.41, 5.74) is 7.21.